The number of hydrogen-bond acceptors (Lipinski definition) is 2. The van der Waals surface area contributed by atoms with Gasteiger partial charge in [0, 0.05) is 18.3 Å². The van der Waals surface area contributed by atoms with Crippen molar-refractivity contribution in [3.63, 3.8) is 0 Å². The Bertz CT molecular complexity index is 345. The highest BCUT2D eigenvalue weighted by atomic mass is 79.9. The Morgan fingerprint density at radius 3 is 2.47 bits per heavy atom. The smallest absolute Gasteiger partial charge is 0.0738 e. The first kappa shape index (κ1) is 14.7. The van der Waals surface area contributed by atoms with Crippen molar-refractivity contribution in [2.24, 2.45) is 0 Å². The summed E-state index contributed by atoms with van der Waals surface area (Å²) in [4.78, 5) is 0. The van der Waals surface area contributed by atoms with Crippen molar-refractivity contribution in [2.75, 3.05) is 6.54 Å². The maximum absolute atomic E-state index is 4.51. The van der Waals surface area contributed by atoms with Gasteiger partial charge in [-0.25, -0.2) is 0 Å². The van der Waals surface area contributed by atoms with Crippen LogP contribution >= 0.6 is 15.9 Å². The molecular formula is C13H24BrN3. The molecule has 1 N–H and O–H groups in total. The van der Waals surface area contributed by atoms with Gasteiger partial charge in [-0.15, -0.1) is 0 Å². The standard InChI is InChI=1S/C13H24BrN3/c1-10(2)15-8-6-5-7-9-17-12(4)13(14)11(3)16-17/h10,15H,5-9H2,1-4H3. The zero-order valence-corrected chi connectivity index (χ0v) is 13.0. The molecule has 0 aromatic carbocycles. The van der Waals surface area contributed by atoms with Gasteiger partial charge in [0.05, 0.1) is 10.2 Å². The number of rotatable bonds is 7. The van der Waals surface area contributed by atoms with Gasteiger partial charge in [0.1, 0.15) is 0 Å². The van der Waals surface area contributed by atoms with E-state index in [1.165, 1.54) is 25.0 Å². The van der Waals surface area contributed by atoms with Crippen LogP contribution in [-0.4, -0.2) is 22.4 Å². The molecule has 0 spiro atoms. The lowest BCUT2D eigenvalue weighted by molar-refractivity contribution is 0.505. The second-order valence-corrected chi connectivity index (χ2v) is 5.67. The fraction of sp³-hybridized carbons (Fsp3) is 0.769. The molecule has 1 rings (SSSR count). The first-order valence-corrected chi connectivity index (χ1v) is 7.24. The summed E-state index contributed by atoms with van der Waals surface area (Å²) in [5.41, 5.74) is 2.33. The molecule has 1 aromatic heterocycles. The second kappa shape index (κ2) is 7.17. The van der Waals surface area contributed by atoms with E-state index in [-0.39, 0.29) is 0 Å². The average Bonchev–Trinajstić information content (AvgIpc) is 2.51. The fourth-order valence-corrected chi connectivity index (χ4v) is 2.13. The summed E-state index contributed by atoms with van der Waals surface area (Å²) in [5.74, 6) is 0. The minimum Gasteiger partial charge on any atom is -0.315 e. The number of unbranched alkanes of at least 4 members (excludes halogenated alkanes) is 2. The molecule has 1 heterocycles. The van der Waals surface area contributed by atoms with E-state index >= 15 is 0 Å². The fourth-order valence-electron chi connectivity index (χ4n) is 1.85. The van der Waals surface area contributed by atoms with Crippen LogP contribution in [0.2, 0.25) is 0 Å². The SMILES string of the molecule is Cc1nn(CCCCCNC(C)C)c(C)c1Br. The molecule has 0 atom stereocenters. The quantitative estimate of drug-likeness (QED) is 0.782. The van der Waals surface area contributed by atoms with Gasteiger partial charge in [-0.2, -0.15) is 5.10 Å². The summed E-state index contributed by atoms with van der Waals surface area (Å²) in [6.45, 7) is 10.7. The number of nitrogens with one attached hydrogen (secondary N) is 1. The van der Waals surface area contributed by atoms with Gasteiger partial charge < -0.3 is 5.32 Å². The van der Waals surface area contributed by atoms with Crippen molar-refractivity contribution in [1.82, 2.24) is 15.1 Å². The molecule has 0 saturated heterocycles. The normalized spacial score (nSPS) is 11.4. The molecule has 1 aromatic rings. The molecule has 0 radical (unpaired) electrons. The van der Waals surface area contributed by atoms with Crippen LogP contribution in [0.3, 0.4) is 0 Å². The van der Waals surface area contributed by atoms with Crippen LogP contribution in [0.1, 0.15) is 44.5 Å². The topological polar surface area (TPSA) is 29.9 Å². The minimum atomic E-state index is 0.599. The Hall–Kier alpha value is -0.350. The monoisotopic (exact) mass is 301 g/mol. The summed E-state index contributed by atoms with van der Waals surface area (Å²) >= 11 is 3.56. The van der Waals surface area contributed by atoms with Gasteiger partial charge in [-0.3, -0.25) is 4.68 Å². The Morgan fingerprint density at radius 2 is 1.94 bits per heavy atom. The summed E-state index contributed by atoms with van der Waals surface area (Å²) in [7, 11) is 0. The van der Waals surface area contributed by atoms with E-state index in [1.54, 1.807) is 0 Å². The lowest BCUT2D eigenvalue weighted by Gasteiger charge is -2.08. The van der Waals surface area contributed by atoms with Crippen molar-refractivity contribution in [3.05, 3.63) is 15.9 Å². The minimum absolute atomic E-state index is 0.599. The molecule has 98 valence electrons. The van der Waals surface area contributed by atoms with Gasteiger partial charge >= 0.3 is 0 Å². The third kappa shape index (κ3) is 4.80. The Balaban J connectivity index is 2.20. The first-order chi connectivity index (χ1) is 8.02. The van der Waals surface area contributed by atoms with Gasteiger partial charge in [0.25, 0.3) is 0 Å². The van der Waals surface area contributed by atoms with E-state index in [4.69, 9.17) is 0 Å². The van der Waals surface area contributed by atoms with Gasteiger partial charge in [-0.05, 0) is 49.2 Å². The third-order valence-electron chi connectivity index (χ3n) is 2.89. The molecule has 0 aliphatic heterocycles. The molecule has 17 heavy (non-hydrogen) atoms. The van der Waals surface area contributed by atoms with Gasteiger partial charge in [0.2, 0.25) is 0 Å². The number of hydrogen-bond donors (Lipinski definition) is 1. The Morgan fingerprint density at radius 1 is 1.24 bits per heavy atom. The van der Waals surface area contributed by atoms with Crippen molar-refractivity contribution >= 4 is 15.9 Å². The molecule has 0 fully saturated rings. The first-order valence-electron chi connectivity index (χ1n) is 6.45. The van der Waals surface area contributed by atoms with Crippen LogP contribution in [0.15, 0.2) is 4.47 Å². The second-order valence-electron chi connectivity index (χ2n) is 4.88. The highest BCUT2D eigenvalue weighted by Gasteiger charge is 2.07. The summed E-state index contributed by atoms with van der Waals surface area (Å²) in [6, 6.07) is 0.599. The van der Waals surface area contributed by atoms with Crippen LogP contribution in [0.5, 0.6) is 0 Å². The van der Waals surface area contributed by atoms with E-state index in [9.17, 15) is 0 Å². The molecule has 4 heteroatoms. The van der Waals surface area contributed by atoms with E-state index in [2.05, 4.69) is 51.8 Å². The van der Waals surface area contributed by atoms with Crippen LogP contribution in [-0.2, 0) is 6.54 Å². The van der Waals surface area contributed by atoms with E-state index in [0.717, 1.165) is 23.3 Å². The predicted molar refractivity (Wildman–Crippen MR) is 76.4 cm³/mol. The van der Waals surface area contributed by atoms with Gasteiger partial charge in [-0.1, -0.05) is 20.3 Å². The van der Waals surface area contributed by atoms with E-state index in [0.29, 0.717) is 6.04 Å². The van der Waals surface area contributed by atoms with E-state index < -0.39 is 0 Å². The Labute approximate surface area is 113 Å². The third-order valence-corrected chi connectivity index (χ3v) is 4.04. The van der Waals surface area contributed by atoms with Crippen LogP contribution in [0, 0.1) is 13.8 Å². The van der Waals surface area contributed by atoms with Crippen LogP contribution in [0.4, 0.5) is 0 Å². The zero-order chi connectivity index (χ0) is 12.8. The highest BCUT2D eigenvalue weighted by molar-refractivity contribution is 9.10. The van der Waals surface area contributed by atoms with Crippen LogP contribution < -0.4 is 5.32 Å². The predicted octanol–water partition coefficient (Wildman–Crippen LogP) is 3.43. The largest absolute Gasteiger partial charge is 0.315 e. The number of nitrogens with zero attached hydrogens (tertiary/aromatic N) is 2. The Kier molecular flexibility index (Phi) is 6.20. The molecule has 0 aliphatic rings. The number of halogens is 1. The maximum atomic E-state index is 4.51. The molecule has 0 saturated carbocycles. The number of aryl methyl sites for hydroxylation is 2. The molecule has 3 nitrogen and oxygen atoms in total. The van der Waals surface area contributed by atoms with Crippen molar-refractivity contribution in [2.45, 2.75) is 59.5 Å². The molecule has 0 aliphatic carbocycles. The lowest BCUT2D eigenvalue weighted by atomic mass is 10.2. The van der Waals surface area contributed by atoms with Crippen molar-refractivity contribution < 1.29 is 0 Å². The van der Waals surface area contributed by atoms with Crippen LogP contribution in [0.25, 0.3) is 0 Å². The maximum Gasteiger partial charge on any atom is 0.0738 e. The van der Waals surface area contributed by atoms with Gasteiger partial charge in [0.15, 0.2) is 0 Å². The summed E-state index contributed by atoms with van der Waals surface area (Å²) < 4.78 is 3.26. The highest BCUT2D eigenvalue weighted by Crippen LogP contribution is 2.20. The molecule has 0 amide bonds. The zero-order valence-electron chi connectivity index (χ0n) is 11.4. The molecule has 0 bridgehead atoms. The average molecular weight is 302 g/mol. The molecular weight excluding hydrogens is 278 g/mol. The number of aromatic nitrogens is 2. The summed E-state index contributed by atoms with van der Waals surface area (Å²) in [5, 5.41) is 7.95. The summed E-state index contributed by atoms with van der Waals surface area (Å²) in [6.07, 6.45) is 3.71. The lowest BCUT2D eigenvalue weighted by Crippen LogP contribution is -2.23. The van der Waals surface area contributed by atoms with Crippen molar-refractivity contribution in [3.8, 4) is 0 Å². The molecule has 0 unspecified atom stereocenters. The van der Waals surface area contributed by atoms with E-state index in [1.807, 2.05) is 6.92 Å². The van der Waals surface area contributed by atoms with Crippen molar-refractivity contribution in [1.29, 1.82) is 0 Å².